The second-order valence-electron chi connectivity index (χ2n) is 9.43. The van der Waals surface area contributed by atoms with Gasteiger partial charge in [-0.05, 0) is 57.5 Å². The lowest BCUT2D eigenvalue weighted by Crippen LogP contribution is -2.28. The van der Waals surface area contributed by atoms with Crippen LogP contribution in [0.4, 0.5) is 0 Å². The molecule has 4 aromatic rings. The summed E-state index contributed by atoms with van der Waals surface area (Å²) in [6.07, 6.45) is 1.37. The first-order chi connectivity index (χ1) is 19.0. The van der Waals surface area contributed by atoms with E-state index in [0.717, 1.165) is 12.0 Å². The molecule has 0 unspecified atom stereocenters. The molecule has 0 spiro atoms. The van der Waals surface area contributed by atoms with Crippen LogP contribution in [0.2, 0.25) is 0 Å². The number of benzene rings is 4. The molecule has 0 radical (unpaired) electrons. The summed E-state index contributed by atoms with van der Waals surface area (Å²) < 4.78 is 5.63. The normalized spacial score (nSPS) is 12.9. The van der Waals surface area contributed by atoms with Gasteiger partial charge in [-0.3, -0.25) is 9.59 Å². The highest BCUT2D eigenvalue weighted by Gasteiger charge is 2.45. The van der Waals surface area contributed by atoms with Crippen LogP contribution in [0.5, 0.6) is 5.75 Å². The Kier molecular flexibility index (Phi) is 8.44. The lowest BCUT2D eigenvalue weighted by atomic mass is 9.67. The van der Waals surface area contributed by atoms with Gasteiger partial charge in [0.2, 0.25) is 0 Å². The van der Waals surface area contributed by atoms with E-state index in [4.69, 9.17) is 9.84 Å². The number of hydrogen-bond acceptors (Lipinski definition) is 5. The molecular formula is C33H30O4S2. The first-order valence-electron chi connectivity index (χ1n) is 13.1. The molecule has 1 N–H and O–H groups in total. The first-order valence-corrected chi connectivity index (χ1v) is 15.6. The molecule has 198 valence electrons. The molecule has 1 aliphatic carbocycles. The molecule has 0 aromatic heterocycles. The van der Waals surface area contributed by atoms with Crippen LogP contribution in [0.1, 0.15) is 47.6 Å². The first kappa shape index (κ1) is 27.1. The average Bonchev–Trinajstić information content (AvgIpc) is 3.26. The predicted octanol–water partition coefficient (Wildman–Crippen LogP) is 7.76. The molecule has 0 heterocycles. The zero-order valence-corrected chi connectivity index (χ0v) is 23.4. The third-order valence-corrected chi connectivity index (χ3v) is 9.55. The minimum Gasteiger partial charge on any atom is -0.481 e. The maximum absolute atomic E-state index is 12.4. The number of carboxylic acids is 1. The molecule has 0 fully saturated rings. The van der Waals surface area contributed by atoms with Gasteiger partial charge in [-0.2, -0.15) is 0 Å². The molecule has 5 rings (SSSR count). The largest absolute Gasteiger partial charge is 0.481 e. The molecule has 0 bridgehead atoms. The summed E-state index contributed by atoms with van der Waals surface area (Å²) in [6, 6.07) is 34.1. The molecule has 0 saturated heterocycles. The Bertz CT molecular complexity index is 1420. The Labute approximate surface area is 237 Å². The molecular weight excluding hydrogens is 524 g/mol. The van der Waals surface area contributed by atoms with Crippen LogP contribution in [-0.2, 0) is 21.4 Å². The predicted molar refractivity (Wildman–Crippen MR) is 161 cm³/mol. The molecule has 0 atom stereocenters. The molecule has 39 heavy (non-hydrogen) atoms. The standard InChI is InChI=1S/C33H30O4S2/c1-2-23-11-13-24(14-12-23)33(29-9-5-3-7-27(29)28-8-4-6-10-30(28)33)25-15-17-26(18-16-25)37-32(36)20-22-39-38-21-19-31(34)35/h3-18H,2,19-22H2,1H3,(H,34,35). The number of aliphatic carboxylic acids is 1. The number of esters is 1. The number of carbonyl (C=O) groups excluding carboxylic acids is 1. The minimum atomic E-state index is -0.810. The van der Waals surface area contributed by atoms with Gasteiger partial charge >= 0.3 is 11.9 Å². The molecule has 1 aliphatic rings. The zero-order chi connectivity index (χ0) is 27.2. The topological polar surface area (TPSA) is 63.6 Å². The van der Waals surface area contributed by atoms with Crippen molar-refractivity contribution in [2.45, 2.75) is 31.6 Å². The van der Waals surface area contributed by atoms with E-state index in [1.807, 2.05) is 12.1 Å². The van der Waals surface area contributed by atoms with Crippen LogP contribution >= 0.6 is 21.6 Å². The van der Waals surface area contributed by atoms with E-state index in [1.54, 1.807) is 0 Å². The van der Waals surface area contributed by atoms with Crippen LogP contribution in [0.15, 0.2) is 97.1 Å². The highest BCUT2D eigenvalue weighted by atomic mass is 33.1. The van der Waals surface area contributed by atoms with Gasteiger partial charge in [0, 0.05) is 11.5 Å². The van der Waals surface area contributed by atoms with Gasteiger partial charge in [0.25, 0.3) is 0 Å². The van der Waals surface area contributed by atoms with Gasteiger partial charge in [0.15, 0.2) is 0 Å². The van der Waals surface area contributed by atoms with Crippen molar-refractivity contribution in [3.63, 3.8) is 0 Å². The molecule has 4 nitrogen and oxygen atoms in total. The van der Waals surface area contributed by atoms with Gasteiger partial charge in [0.05, 0.1) is 18.3 Å². The van der Waals surface area contributed by atoms with Crippen LogP contribution in [-0.4, -0.2) is 28.6 Å². The third-order valence-electron chi connectivity index (χ3n) is 7.14. The lowest BCUT2D eigenvalue weighted by molar-refractivity contribution is -0.136. The Balaban J connectivity index is 1.43. The number of rotatable bonds is 11. The van der Waals surface area contributed by atoms with E-state index in [9.17, 15) is 9.59 Å². The average molecular weight is 555 g/mol. The SMILES string of the molecule is CCc1ccc(C2(c3ccc(OC(=O)CCSSCCC(=O)O)cc3)c3ccccc3-c3ccccc32)cc1. The van der Waals surface area contributed by atoms with Crippen molar-refractivity contribution in [1.82, 2.24) is 0 Å². The zero-order valence-electron chi connectivity index (χ0n) is 21.8. The van der Waals surface area contributed by atoms with E-state index < -0.39 is 11.4 Å². The highest BCUT2D eigenvalue weighted by Crippen LogP contribution is 2.56. The van der Waals surface area contributed by atoms with Crippen LogP contribution < -0.4 is 4.74 Å². The fraction of sp³-hybridized carbons (Fsp3) is 0.212. The highest BCUT2D eigenvalue weighted by molar-refractivity contribution is 8.76. The maximum atomic E-state index is 12.4. The lowest BCUT2D eigenvalue weighted by Gasteiger charge is -2.34. The number of ether oxygens (including phenoxy) is 1. The Morgan fingerprint density at radius 1 is 0.718 bits per heavy atom. The maximum Gasteiger partial charge on any atom is 0.312 e. The Hall–Kier alpha value is -3.48. The fourth-order valence-electron chi connectivity index (χ4n) is 5.34. The monoisotopic (exact) mass is 554 g/mol. The van der Waals surface area contributed by atoms with Crippen molar-refractivity contribution in [2.75, 3.05) is 11.5 Å². The molecule has 0 aliphatic heterocycles. The van der Waals surface area contributed by atoms with Gasteiger partial charge in [0.1, 0.15) is 5.75 Å². The molecule has 0 saturated carbocycles. The summed E-state index contributed by atoms with van der Waals surface area (Å²) in [5, 5.41) is 8.71. The summed E-state index contributed by atoms with van der Waals surface area (Å²) >= 11 is 0. The van der Waals surface area contributed by atoms with Crippen molar-refractivity contribution in [1.29, 1.82) is 0 Å². The van der Waals surface area contributed by atoms with Crippen molar-refractivity contribution < 1.29 is 19.4 Å². The van der Waals surface area contributed by atoms with E-state index >= 15 is 0 Å². The van der Waals surface area contributed by atoms with Crippen molar-refractivity contribution >= 4 is 33.5 Å². The van der Waals surface area contributed by atoms with E-state index in [-0.39, 0.29) is 18.8 Å². The van der Waals surface area contributed by atoms with Gasteiger partial charge in [-0.1, -0.05) is 113 Å². The van der Waals surface area contributed by atoms with Crippen molar-refractivity contribution in [3.05, 3.63) is 125 Å². The van der Waals surface area contributed by atoms with E-state index in [2.05, 4.69) is 91.9 Å². The summed E-state index contributed by atoms with van der Waals surface area (Å²) in [4.78, 5) is 23.0. The van der Waals surface area contributed by atoms with Gasteiger partial charge in [-0.15, -0.1) is 0 Å². The number of fused-ring (bicyclic) bond motifs is 3. The van der Waals surface area contributed by atoms with Gasteiger partial charge in [-0.25, -0.2) is 0 Å². The van der Waals surface area contributed by atoms with E-state index in [1.165, 1.54) is 55.0 Å². The number of hydrogen-bond donors (Lipinski definition) is 1. The number of carbonyl (C=O) groups is 2. The van der Waals surface area contributed by atoms with E-state index in [0.29, 0.717) is 17.3 Å². The summed E-state index contributed by atoms with van der Waals surface area (Å²) in [5.74, 6) is 0.506. The Morgan fingerprint density at radius 3 is 1.77 bits per heavy atom. The second kappa shape index (κ2) is 12.1. The summed E-state index contributed by atoms with van der Waals surface area (Å²) in [5.41, 5.74) is 8.12. The van der Waals surface area contributed by atoms with Crippen molar-refractivity contribution in [2.24, 2.45) is 0 Å². The van der Waals surface area contributed by atoms with Crippen LogP contribution in [0.25, 0.3) is 11.1 Å². The molecule has 6 heteroatoms. The molecule has 4 aromatic carbocycles. The fourth-order valence-corrected chi connectivity index (χ4v) is 7.29. The number of aryl methyl sites for hydroxylation is 1. The van der Waals surface area contributed by atoms with Crippen LogP contribution in [0, 0.1) is 0 Å². The summed E-state index contributed by atoms with van der Waals surface area (Å²) in [6.45, 7) is 2.17. The minimum absolute atomic E-state index is 0.119. The van der Waals surface area contributed by atoms with Crippen molar-refractivity contribution in [3.8, 4) is 16.9 Å². The number of carboxylic acid groups (broad SMARTS) is 1. The third kappa shape index (κ3) is 5.49. The smallest absolute Gasteiger partial charge is 0.312 e. The van der Waals surface area contributed by atoms with Crippen LogP contribution in [0.3, 0.4) is 0 Å². The summed E-state index contributed by atoms with van der Waals surface area (Å²) in [7, 11) is 2.95. The second-order valence-corrected chi connectivity index (χ2v) is 12.1. The molecule has 0 amide bonds. The Morgan fingerprint density at radius 2 is 1.23 bits per heavy atom. The quantitative estimate of drug-likeness (QED) is 0.0779. The van der Waals surface area contributed by atoms with Gasteiger partial charge < -0.3 is 9.84 Å².